The molecule has 1 saturated carbocycles. The van der Waals surface area contributed by atoms with Crippen LogP contribution in [0.1, 0.15) is 31.2 Å². The number of ether oxygens (including phenoxy) is 1. The molecular weight excluding hydrogens is 328 g/mol. The predicted octanol–water partition coefficient (Wildman–Crippen LogP) is 4.99. The molecular formula is C21H22N2O3. The number of phenols is 1. The van der Waals surface area contributed by atoms with Crippen LogP contribution in [0.3, 0.4) is 0 Å². The standard InChI is InChI=1S/C21H22N2O3/c1-14-6-2-5-9-17(14)21-22-20(23-26-21)16-10-11-19(18(24)12-16)25-13-15-7-3-4-8-15/h2,5-6,9-12,15,24H,3-4,7-8,13H2,1H3. The molecule has 1 fully saturated rings. The van der Waals surface area contributed by atoms with E-state index >= 15 is 0 Å². The number of aromatic nitrogens is 2. The lowest BCUT2D eigenvalue weighted by atomic mass is 10.1. The van der Waals surface area contributed by atoms with Crippen molar-refractivity contribution in [1.82, 2.24) is 10.1 Å². The summed E-state index contributed by atoms with van der Waals surface area (Å²) >= 11 is 0. The Morgan fingerprint density at radius 2 is 1.96 bits per heavy atom. The minimum absolute atomic E-state index is 0.0998. The van der Waals surface area contributed by atoms with E-state index in [1.807, 2.05) is 37.3 Å². The summed E-state index contributed by atoms with van der Waals surface area (Å²) in [5.41, 5.74) is 2.67. The van der Waals surface area contributed by atoms with Gasteiger partial charge in [-0.2, -0.15) is 4.98 Å². The first-order chi connectivity index (χ1) is 12.7. The van der Waals surface area contributed by atoms with Crippen LogP contribution in [0.2, 0.25) is 0 Å². The number of aromatic hydroxyl groups is 1. The van der Waals surface area contributed by atoms with Crippen LogP contribution in [0.25, 0.3) is 22.8 Å². The van der Waals surface area contributed by atoms with Crippen LogP contribution in [0.5, 0.6) is 11.5 Å². The molecule has 2 aromatic carbocycles. The Balaban J connectivity index is 1.51. The van der Waals surface area contributed by atoms with Gasteiger partial charge in [0.05, 0.1) is 6.61 Å². The summed E-state index contributed by atoms with van der Waals surface area (Å²) < 4.78 is 11.2. The fourth-order valence-electron chi connectivity index (χ4n) is 3.43. The molecule has 0 spiro atoms. The predicted molar refractivity (Wildman–Crippen MR) is 99.0 cm³/mol. The summed E-state index contributed by atoms with van der Waals surface area (Å²) in [4.78, 5) is 4.46. The molecule has 0 amide bonds. The number of nitrogens with zero attached hydrogens (tertiary/aromatic N) is 2. The Hall–Kier alpha value is -2.82. The maximum absolute atomic E-state index is 10.3. The van der Waals surface area contributed by atoms with Crippen LogP contribution in [0, 0.1) is 12.8 Å². The van der Waals surface area contributed by atoms with Crippen molar-refractivity contribution in [3.05, 3.63) is 48.0 Å². The van der Waals surface area contributed by atoms with Gasteiger partial charge in [0, 0.05) is 11.1 Å². The average molecular weight is 350 g/mol. The number of hydrogen-bond acceptors (Lipinski definition) is 5. The van der Waals surface area contributed by atoms with E-state index in [2.05, 4.69) is 10.1 Å². The van der Waals surface area contributed by atoms with Gasteiger partial charge in [-0.05, 0) is 55.5 Å². The van der Waals surface area contributed by atoms with E-state index in [-0.39, 0.29) is 5.75 Å². The number of benzene rings is 2. The molecule has 0 bridgehead atoms. The van der Waals surface area contributed by atoms with E-state index in [9.17, 15) is 5.11 Å². The van der Waals surface area contributed by atoms with Gasteiger partial charge >= 0.3 is 0 Å². The third kappa shape index (κ3) is 3.43. The molecule has 1 heterocycles. The Kier molecular flexibility index (Phi) is 4.61. The average Bonchev–Trinajstić information content (AvgIpc) is 3.33. The molecule has 0 atom stereocenters. The van der Waals surface area contributed by atoms with Crippen LogP contribution < -0.4 is 4.74 Å². The first kappa shape index (κ1) is 16.6. The SMILES string of the molecule is Cc1ccccc1-c1nc(-c2ccc(OCC3CCCC3)c(O)c2)no1. The van der Waals surface area contributed by atoms with Crippen molar-refractivity contribution in [3.63, 3.8) is 0 Å². The number of hydrogen-bond donors (Lipinski definition) is 1. The Labute approximate surface area is 152 Å². The molecule has 5 nitrogen and oxygen atoms in total. The van der Waals surface area contributed by atoms with Gasteiger partial charge in [0.1, 0.15) is 0 Å². The van der Waals surface area contributed by atoms with Gasteiger partial charge in [-0.15, -0.1) is 0 Å². The lowest BCUT2D eigenvalue weighted by Gasteiger charge is -2.12. The van der Waals surface area contributed by atoms with E-state index in [0.717, 1.165) is 11.1 Å². The first-order valence-corrected chi connectivity index (χ1v) is 9.06. The van der Waals surface area contributed by atoms with Crippen molar-refractivity contribution in [2.45, 2.75) is 32.6 Å². The van der Waals surface area contributed by atoms with Crippen molar-refractivity contribution in [2.24, 2.45) is 5.92 Å². The zero-order chi connectivity index (χ0) is 17.9. The van der Waals surface area contributed by atoms with E-state index in [4.69, 9.17) is 9.26 Å². The second-order valence-corrected chi connectivity index (χ2v) is 6.88. The summed E-state index contributed by atoms with van der Waals surface area (Å²) in [6.07, 6.45) is 4.98. The highest BCUT2D eigenvalue weighted by Gasteiger charge is 2.17. The fourth-order valence-corrected chi connectivity index (χ4v) is 3.43. The van der Waals surface area contributed by atoms with Crippen molar-refractivity contribution >= 4 is 0 Å². The Bertz CT molecular complexity index is 898. The quantitative estimate of drug-likeness (QED) is 0.702. The van der Waals surface area contributed by atoms with Gasteiger partial charge in [0.25, 0.3) is 5.89 Å². The van der Waals surface area contributed by atoms with E-state index in [1.165, 1.54) is 25.7 Å². The molecule has 1 N–H and O–H groups in total. The highest BCUT2D eigenvalue weighted by atomic mass is 16.5. The largest absolute Gasteiger partial charge is 0.504 e. The van der Waals surface area contributed by atoms with Crippen molar-refractivity contribution in [2.75, 3.05) is 6.61 Å². The summed E-state index contributed by atoms with van der Waals surface area (Å²) in [6.45, 7) is 2.66. The molecule has 26 heavy (non-hydrogen) atoms. The molecule has 0 saturated heterocycles. The highest BCUT2D eigenvalue weighted by Crippen LogP contribution is 2.33. The summed E-state index contributed by atoms with van der Waals surface area (Å²) in [7, 11) is 0. The highest BCUT2D eigenvalue weighted by molar-refractivity contribution is 5.64. The van der Waals surface area contributed by atoms with Crippen LogP contribution >= 0.6 is 0 Å². The minimum atomic E-state index is 0.0998. The van der Waals surface area contributed by atoms with Crippen molar-refractivity contribution < 1.29 is 14.4 Å². The second kappa shape index (κ2) is 7.20. The van der Waals surface area contributed by atoms with Crippen molar-refractivity contribution in [1.29, 1.82) is 0 Å². The monoisotopic (exact) mass is 350 g/mol. The molecule has 0 aliphatic heterocycles. The number of rotatable bonds is 5. The van der Waals surface area contributed by atoms with E-state index in [1.54, 1.807) is 12.1 Å². The summed E-state index contributed by atoms with van der Waals surface area (Å²) in [5.74, 6) is 2.12. The number of aryl methyl sites for hydroxylation is 1. The first-order valence-electron chi connectivity index (χ1n) is 9.06. The third-order valence-corrected chi connectivity index (χ3v) is 4.97. The third-order valence-electron chi connectivity index (χ3n) is 4.97. The van der Waals surface area contributed by atoms with Gasteiger partial charge in [-0.25, -0.2) is 0 Å². The van der Waals surface area contributed by atoms with Gasteiger partial charge < -0.3 is 14.4 Å². The van der Waals surface area contributed by atoms with Gasteiger partial charge in [-0.3, -0.25) is 0 Å². The molecule has 5 heteroatoms. The molecule has 0 radical (unpaired) electrons. The Morgan fingerprint density at radius 1 is 1.15 bits per heavy atom. The fraction of sp³-hybridized carbons (Fsp3) is 0.333. The molecule has 1 aliphatic rings. The van der Waals surface area contributed by atoms with Crippen LogP contribution in [-0.4, -0.2) is 21.9 Å². The van der Waals surface area contributed by atoms with Crippen molar-refractivity contribution in [3.8, 4) is 34.3 Å². The second-order valence-electron chi connectivity index (χ2n) is 6.88. The number of phenolic OH excluding ortho intramolecular Hbond substituents is 1. The molecule has 134 valence electrons. The summed E-state index contributed by atoms with van der Waals surface area (Å²) in [6, 6.07) is 13.1. The topological polar surface area (TPSA) is 68.4 Å². The van der Waals surface area contributed by atoms with Gasteiger partial charge in [0.2, 0.25) is 5.82 Å². The van der Waals surface area contributed by atoms with Gasteiger partial charge in [-0.1, -0.05) is 36.2 Å². The van der Waals surface area contributed by atoms with Crippen LogP contribution in [0.4, 0.5) is 0 Å². The molecule has 3 aromatic rings. The molecule has 1 aliphatic carbocycles. The lowest BCUT2D eigenvalue weighted by Crippen LogP contribution is -2.08. The molecule has 0 unspecified atom stereocenters. The lowest BCUT2D eigenvalue weighted by molar-refractivity contribution is 0.242. The van der Waals surface area contributed by atoms with E-state index < -0.39 is 0 Å². The Morgan fingerprint density at radius 3 is 2.73 bits per heavy atom. The maximum Gasteiger partial charge on any atom is 0.258 e. The molecule has 4 rings (SSSR count). The van der Waals surface area contributed by atoms with Crippen LogP contribution in [0.15, 0.2) is 47.0 Å². The maximum atomic E-state index is 10.3. The zero-order valence-electron chi connectivity index (χ0n) is 14.8. The normalized spacial score (nSPS) is 14.7. The van der Waals surface area contributed by atoms with Crippen LogP contribution in [-0.2, 0) is 0 Å². The smallest absolute Gasteiger partial charge is 0.258 e. The van der Waals surface area contributed by atoms with E-state index in [0.29, 0.717) is 35.6 Å². The molecule has 1 aromatic heterocycles. The van der Waals surface area contributed by atoms with Gasteiger partial charge in [0.15, 0.2) is 11.5 Å². The zero-order valence-corrected chi connectivity index (χ0v) is 14.8. The summed E-state index contributed by atoms with van der Waals surface area (Å²) in [5, 5.41) is 14.3. The minimum Gasteiger partial charge on any atom is -0.504 e.